The maximum absolute atomic E-state index is 11.8. The average molecular weight is 227 g/mol. The van der Waals surface area contributed by atoms with Crippen molar-refractivity contribution in [3.8, 4) is 0 Å². The van der Waals surface area contributed by atoms with E-state index in [1.807, 2.05) is 0 Å². The SMILES string of the molecule is CN(C)/N=C\[C@@H]1C(=O)N(C)C(=O)N(C)N1C. The highest BCUT2D eigenvalue weighted by Crippen LogP contribution is 2.12. The Kier molecular flexibility index (Phi) is 3.48. The number of hydrazone groups is 1. The Balaban J connectivity index is 2.91. The molecule has 0 bridgehead atoms. The molecule has 7 nitrogen and oxygen atoms in total. The van der Waals surface area contributed by atoms with E-state index in [1.165, 1.54) is 18.3 Å². The van der Waals surface area contributed by atoms with Crippen molar-refractivity contribution < 1.29 is 9.59 Å². The van der Waals surface area contributed by atoms with Gasteiger partial charge in [0.05, 0.1) is 6.21 Å². The summed E-state index contributed by atoms with van der Waals surface area (Å²) in [4.78, 5) is 24.5. The van der Waals surface area contributed by atoms with Gasteiger partial charge >= 0.3 is 6.03 Å². The molecule has 90 valence electrons. The van der Waals surface area contributed by atoms with E-state index in [0.29, 0.717) is 0 Å². The van der Waals surface area contributed by atoms with Crippen LogP contribution in [0.1, 0.15) is 0 Å². The molecule has 0 aromatic heterocycles. The number of imide groups is 1. The van der Waals surface area contributed by atoms with Crippen LogP contribution in [-0.4, -0.2) is 79.4 Å². The average Bonchev–Trinajstić information content (AvgIpc) is 2.23. The Labute approximate surface area is 94.9 Å². The van der Waals surface area contributed by atoms with Gasteiger partial charge in [-0.15, -0.1) is 0 Å². The topological polar surface area (TPSA) is 59.5 Å². The van der Waals surface area contributed by atoms with Crippen LogP contribution < -0.4 is 0 Å². The van der Waals surface area contributed by atoms with E-state index in [2.05, 4.69) is 5.10 Å². The van der Waals surface area contributed by atoms with Gasteiger partial charge in [-0.2, -0.15) is 5.10 Å². The first-order chi connectivity index (χ1) is 7.36. The Morgan fingerprint density at radius 2 is 1.81 bits per heavy atom. The number of urea groups is 1. The van der Waals surface area contributed by atoms with Crippen LogP contribution in [0.3, 0.4) is 0 Å². The molecule has 1 rings (SSSR count). The molecular weight excluding hydrogens is 210 g/mol. The van der Waals surface area contributed by atoms with E-state index in [-0.39, 0.29) is 11.9 Å². The van der Waals surface area contributed by atoms with Crippen molar-refractivity contribution in [1.82, 2.24) is 19.9 Å². The number of carbonyl (C=O) groups is 2. The van der Waals surface area contributed by atoms with E-state index in [9.17, 15) is 9.59 Å². The summed E-state index contributed by atoms with van der Waals surface area (Å²) in [6.07, 6.45) is 1.52. The lowest BCUT2D eigenvalue weighted by Gasteiger charge is -2.40. The monoisotopic (exact) mass is 227 g/mol. The van der Waals surface area contributed by atoms with Crippen molar-refractivity contribution in [1.29, 1.82) is 0 Å². The zero-order chi connectivity index (χ0) is 12.5. The van der Waals surface area contributed by atoms with Crippen LogP contribution in [0.4, 0.5) is 4.79 Å². The number of hydrogen-bond donors (Lipinski definition) is 0. The van der Waals surface area contributed by atoms with Gasteiger partial charge in [0.15, 0.2) is 0 Å². The lowest BCUT2D eigenvalue weighted by Crippen LogP contribution is -2.64. The first-order valence-electron chi connectivity index (χ1n) is 4.85. The van der Waals surface area contributed by atoms with Gasteiger partial charge in [-0.05, 0) is 0 Å². The lowest BCUT2D eigenvalue weighted by molar-refractivity contribution is -0.140. The van der Waals surface area contributed by atoms with Gasteiger partial charge in [-0.3, -0.25) is 14.7 Å². The molecule has 7 heteroatoms. The molecule has 0 N–H and O–H groups in total. The van der Waals surface area contributed by atoms with Crippen molar-refractivity contribution in [3.63, 3.8) is 0 Å². The second-order valence-electron chi connectivity index (χ2n) is 3.83. The maximum atomic E-state index is 11.8. The molecule has 0 saturated carbocycles. The number of rotatable bonds is 2. The molecule has 0 aromatic rings. The van der Waals surface area contributed by atoms with Crippen molar-refractivity contribution in [2.24, 2.45) is 5.10 Å². The molecule has 1 aliphatic heterocycles. The number of likely N-dealkylation sites (N-methyl/N-ethyl adjacent to an activating group) is 2. The van der Waals surface area contributed by atoms with E-state index in [0.717, 1.165) is 4.90 Å². The number of nitrogens with zero attached hydrogens (tertiary/aromatic N) is 5. The molecule has 0 unspecified atom stereocenters. The molecule has 1 heterocycles. The fraction of sp³-hybridized carbons (Fsp3) is 0.667. The Bertz CT molecular complexity index is 328. The Morgan fingerprint density at radius 1 is 1.25 bits per heavy atom. The summed E-state index contributed by atoms with van der Waals surface area (Å²) < 4.78 is 0. The predicted molar refractivity (Wildman–Crippen MR) is 59.7 cm³/mol. The number of hydrazine groups is 1. The van der Waals surface area contributed by atoms with Crippen LogP contribution in [0, 0.1) is 0 Å². The summed E-state index contributed by atoms with van der Waals surface area (Å²) in [6.45, 7) is 0. The zero-order valence-corrected chi connectivity index (χ0v) is 10.2. The van der Waals surface area contributed by atoms with Gasteiger partial charge in [0, 0.05) is 35.2 Å². The number of hydrogen-bond acceptors (Lipinski definition) is 5. The van der Waals surface area contributed by atoms with Crippen LogP contribution in [-0.2, 0) is 4.79 Å². The predicted octanol–water partition coefficient (Wildman–Crippen LogP) is -0.727. The summed E-state index contributed by atoms with van der Waals surface area (Å²) in [5.41, 5.74) is 0. The summed E-state index contributed by atoms with van der Waals surface area (Å²) in [5.74, 6) is -0.281. The summed E-state index contributed by atoms with van der Waals surface area (Å²) >= 11 is 0. The third kappa shape index (κ3) is 2.13. The highest BCUT2D eigenvalue weighted by atomic mass is 16.2. The minimum atomic E-state index is -0.546. The van der Waals surface area contributed by atoms with Gasteiger partial charge in [0.2, 0.25) is 0 Å². The van der Waals surface area contributed by atoms with E-state index in [1.54, 1.807) is 38.2 Å². The molecule has 1 atom stereocenters. The molecule has 0 radical (unpaired) electrons. The van der Waals surface area contributed by atoms with Crippen LogP contribution >= 0.6 is 0 Å². The second-order valence-corrected chi connectivity index (χ2v) is 3.83. The standard InChI is InChI=1S/C9H17N5O2/c1-11(2)10-6-7-8(15)12(3)9(16)14(5)13(7)4/h6-7H,1-5H3/b10-6-/t7-/m1/s1. The van der Waals surface area contributed by atoms with E-state index < -0.39 is 6.04 Å². The van der Waals surface area contributed by atoms with Crippen LogP contribution in [0.2, 0.25) is 0 Å². The zero-order valence-electron chi connectivity index (χ0n) is 10.2. The van der Waals surface area contributed by atoms with Gasteiger partial charge in [0.25, 0.3) is 5.91 Å². The number of amides is 3. The molecule has 16 heavy (non-hydrogen) atoms. The van der Waals surface area contributed by atoms with Crippen molar-refractivity contribution in [3.05, 3.63) is 0 Å². The fourth-order valence-electron chi connectivity index (χ4n) is 1.35. The highest BCUT2D eigenvalue weighted by Gasteiger charge is 2.38. The van der Waals surface area contributed by atoms with Crippen molar-refractivity contribution >= 4 is 18.2 Å². The van der Waals surface area contributed by atoms with Crippen molar-refractivity contribution in [2.75, 3.05) is 35.2 Å². The molecule has 0 spiro atoms. The molecule has 1 fully saturated rings. The van der Waals surface area contributed by atoms with E-state index in [4.69, 9.17) is 0 Å². The minimum absolute atomic E-state index is 0.281. The van der Waals surface area contributed by atoms with Gasteiger partial charge in [-0.1, -0.05) is 0 Å². The molecular formula is C9H17N5O2. The molecule has 3 amide bonds. The van der Waals surface area contributed by atoms with Gasteiger partial charge < -0.3 is 5.01 Å². The number of carbonyl (C=O) groups excluding carboxylic acids is 2. The second kappa shape index (κ2) is 4.48. The largest absolute Gasteiger partial charge is 0.340 e. The van der Waals surface area contributed by atoms with Crippen LogP contribution in [0.15, 0.2) is 5.10 Å². The van der Waals surface area contributed by atoms with Gasteiger partial charge in [0.1, 0.15) is 6.04 Å². The Hall–Kier alpha value is -1.63. The summed E-state index contributed by atoms with van der Waals surface area (Å²) in [5, 5.41) is 8.55. The smallest absolute Gasteiger partial charge is 0.303 e. The van der Waals surface area contributed by atoms with Gasteiger partial charge in [-0.25, -0.2) is 9.80 Å². The lowest BCUT2D eigenvalue weighted by atomic mass is 10.2. The maximum Gasteiger partial charge on any atom is 0.340 e. The first-order valence-corrected chi connectivity index (χ1v) is 4.85. The summed E-state index contributed by atoms with van der Waals surface area (Å²) in [6, 6.07) is -0.892. The Morgan fingerprint density at radius 3 is 2.31 bits per heavy atom. The normalized spacial score (nSPS) is 23.4. The molecule has 0 aromatic carbocycles. The highest BCUT2D eigenvalue weighted by molar-refractivity contribution is 6.06. The third-order valence-corrected chi connectivity index (χ3v) is 2.46. The van der Waals surface area contributed by atoms with E-state index >= 15 is 0 Å². The molecule has 0 aliphatic carbocycles. The first kappa shape index (κ1) is 12.4. The molecule has 1 saturated heterocycles. The quantitative estimate of drug-likeness (QED) is 0.461. The minimum Gasteiger partial charge on any atom is -0.303 e. The third-order valence-electron chi connectivity index (χ3n) is 2.46. The summed E-state index contributed by atoms with van der Waals surface area (Å²) in [7, 11) is 8.28. The van der Waals surface area contributed by atoms with Crippen molar-refractivity contribution in [2.45, 2.75) is 6.04 Å². The van der Waals surface area contributed by atoms with Crippen LogP contribution in [0.5, 0.6) is 0 Å². The van der Waals surface area contributed by atoms with Crippen LogP contribution in [0.25, 0.3) is 0 Å². The fourth-order valence-corrected chi connectivity index (χ4v) is 1.35. The molecule has 1 aliphatic rings.